The molecule has 0 heterocycles. The molecule has 0 spiro atoms. The van der Waals surface area contributed by atoms with Crippen molar-refractivity contribution in [2.45, 2.75) is 24.8 Å². The van der Waals surface area contributed by atoms with E-state index in [2.05, 4.69) is 16.6 Å². The quantitative estimate of drug-likeness (QED) is 0.462. The average Bonchev–Trinajstić information content (AvgIpc) is 2.46. The highest BCUT2D eigenvalue weighted by Gasteiger charge is 2.20. The highest BCUT2D eigenvalue weighted by molar-refractivity contribution is 8.22. The van der Waals surface area contributed by atoms with E-state index in [1.165, 1.54) is 0 Å². The standard InChI is InChI=1S/C17H20N2O2S/c1-13(2)19-22(20,21)17-11-7-15(8-12-17)4-3-14-5-9-16(18)10-6-14/h5-13,19-21H,18H2,1-2H3/p+1. The van der Waals surface area contributed by atoms with Crippen LogP contribution in [-0.4, -0.2) is 15.1 Å². The van der Waals surface area contributed by atoms with Gasteiger partial charge in [-0.3, -0.25) is 0 Å². The first-order valence-corrected chi connectivity index (χ1v) is 8.51. The van der Waals surface area contributed by atoms with Crippen LogP contribution in [0.3, 0.4) is 0 Å². The molecule has 0 aliphatic carbocycles. The summed E-state index contributed by atoms with van der Waals surface area (Å²) < 4.78 is 21.1. The minimum absolute atomic E-state index is 0.0440. The van der Waals surface area contributed by atoms with Gasteiger partial charge in [0.15, 0.2) is 0 Å². The molecular formula is C17H21N2O2S+. The van der Waals surface area contributed by atoms with Gasteiger partial charge < -0.3 is 10.3 Å². The van der Waals surface area contributed by atoms with E-state index in [-0.39, 0.29) is 6.04 Å². The van der Waals surface area contributed by atoms with Crippen LogP contribution in [0.4, 0.5) is 5.69 Å². The summed E-state index contributed by atoms with van der Waals surface area (Å²) in [7, 11) is -2.71. The van der Waals surface area contributed by atoms with Gasteiger partial charge in [0.05, 0.1) is 0 Å². The van der Waals surface area contributed by atoms with Gasteiger partial charge in [-0.05, 0) is 73.2 Å². The summed E-state index contributed by atoms with van der Waals surface area (Å²) in [6.07, 6.45) is 0. The topological polar surface area (TPSA) is 81.2 Å². The third kappa shape index (κ3) is 4.52. The van der Waals surface area contributed by atoms with E-state index >= 15 is 0 Å². The average molecular weight is 317 g/mol. The smallest absolute Gasteiger partial charge is 0.119 e. The largest absolute Gasteiger partial charge is 0.399 e. The molecule has 116 valence electrons. The van der Waals surface area contributed by atoms with Gasteiger partial charge in [0.25, 0.3) is 0 Å². The molecule has 1 atom stereocenters. The van der Waals surface area contributed by atoms with Crippen molar-refractivity contribution in [1.82, 2.24) is 4.72 Å². The first kappa shape index (κ1) is 16.4. The summed E-state index contributed by atoms with van der Waals surface area (Å²) >= 11 is 0. The van der Waals surface area contributed by atoms with E-state index in [4.69, 9.17) is 10.3 Å². The van der Waals surface area contributed by atoms with Crippen molar-refractivity contribution in [2.75, 3.05) is 5.73 Å². The maximum Gasteiger partial charge on any atom is 0.119 e. The number of nitrogen functional groups attached to an aromatic ring is 1. The van der Waals surface area contributed by atoms with Crippen LogP contribution in [0.2, 0.25) is 0 Å². The number of benzene rings is 2. The Morgan fingerprint density at radius 3 is 1.91 bits per heavy atom. The maximum absolute atomic E-state index is 10.2. The van der Waals surface area contributed by atoms with Crippen LogP contribution in [-0.2, 0) is 0 Å². The molecule has 0 saturated carbocycles. The van der Waals surface area contributed by atoms with E-state index < -0.39 is 10.8 Å². The van der Waals surface area contributed by atoms with Gasteiger partial charge in [0, 0.05) is 22.9 Å². The fourth-order valence-corrected chi connectivity index (χ4v) is 3.20. The molecule has 0 aliphatic rings. The Morgan fingerprint density at radius 1 is 1.00 bits per heavy atom. The predicted octanol–water partition coefficient (Wildman–Crippen LogP) is 2.86. The van der Waals surface area contributed by atoms with Crippen molar-refractivity contribution in [3.05, 3.63) is 59.7 Å². The third-order valence-corrected chi connectivity index (χ3v) is 4.63. The number of anilines is 1. The summed E-state index contributed by atoms with van der Waals surface area (Å²) in [6.45, 7) is 3.80. The normalized spacial score (nSPS) is 14.8. The zero-order chi connectivity index (χ0) is 16.2. The number of hydrogen-bond acceptors (Lipinski definition) is 3. The minimum atomic E-state index is -2.71. The van der Waals surface area contributed by atoms with E-state index in [1.54, 1.807) is 12.1 Å². The van der Waals surface area contributed by atoms with Gasteiger partial charge in [0.2, 0.25) is 0 Å². The number of hydrogen-bond donors (Lipinski definition) is 3. The molecule has 0 radical (unpaired) electrons. The van der Waals surface area contributed by atoms with E-state index in [0.29, 0.717) is 10.6 Å². The van der Waals surface area contributed by atoms with Gasteiger partial charge in [-0.1, -0.05) is 11.8 Å². The van der Waals surface area contributed by atoms with Crippen molar-refractivity contribution in [2.24, 2.45) is 0 Å². The second-order valence-electron chi connectivity index (χ2n) is 5.25. The van der Waals surface area contributed by atoms with Crippen LogP contribution >= 0.6 is 10.8 Å². The van der Waals surface area contributed by atoms with Gasteiger partial charge in [-0.15, -0.1) is 0 Å². The lowest BCUT2D eigenvalue weighted by Crippen LogP contribution is -2.26. The summed E-state index contributed by atoms with van der Waals surface area (Å²) in [4.78, 5) is 0.569. The molecular weight excluding hydrogens is 296 g/mol. The number of rotatable bonds is 3. The van der Waals surface area contributed by atoms with Gasteiger partial charge in [-0.2, -0.15) is 4.72 Å². The second-order valence-corrected chi connectivity index (χ2v) is 7.12. The van der Waals surface area contributed by atoms with Crippen molar-refractivity contribution in [3.8, 4) is 11.8 Å². The molecule has 0 fully saturated rings. The van der Waals surface area contributed by atoms with Gasteiger partial charge in [-0.25, -0.2) is 4.55 Å². The van der Waals surface area contributed by atoms with Crippen molar-refractivity contribution in [3.63, 3.8) is 0 Å². The van der Waals surface area contributed by atoms with Crippen LogP contribution < -0.4 is 10.5 Å². The molecule has 1 unspecified atom stereocenters. The van der Waals surface area contributed by atoms with E-state index in [9.17, 15) is 4.55 Å². The molecule has 0 bridgehead atoms. The first-order chi connectivity index (χ1) is 10.4. The van der Waals surface area contributed by atoms with Gasteiger partial charge >= 0.3 is 0 Å². The Balaban J connectivity index is 2.14. The van der Waals surface area contributed by atoms with Crippen LogP contribution in [0.1, 0.15) is 25.0 Å². The third-order valence-electron chi connectivity index (χ3n) is 2.86. The Bertz CT molecular complexity index is 683. The lowest BCUT2D eigenvalue weighted by Gasteiger charge is -2.30. The van der Waals surface area contributed by atoms with Gasteiger partial charge in [0.1, 0.15) is 4.90 Å². The van der Waals surface area contributed by atoms with Crippen LogP contribution in [0, 0.1) is 11.8 Å². The maximum atomic E-state index is 10.2. The van der Waals surface area contributed by atoms with Crippen molar-refractivity contribution >= 4 is 16.5 Å². The molecule has 0 amide bonds. The fraction of sp³-hybridized carbons (Fsp3) is 0.176. The minimum Gasteiger partial charge on any atom is -0.399 e. The summed E-state index contributed by atoms with van der Waals surface area (Å²) in [5.74, 6) is 6.11. The first-order valence-electron chi connectivity index (χ1n) is 6.92. The molecule has 6 N–H and O–H groups in total. The summed E-state index contributed by atoms with van der Waals surface area (Å²) in [5, 5.41) is 0. The van der Waals surface area contributed by atoms with Crippen molar-refractivity contribution in [1.29, 1.82) is 0 Å². The molecule has 0 aromatic heterocycles. The molecule has 4 nitrogen and oxygen atoms in total. The highest BCUT2D eigenvalue weighted by Crippen LogP contribution is 2.44. The molecule has 2 aromatic carbocycles. The highest BCUT2D eigenvalue weighted by atomic mass is 32.3. The lowest BCUT2D eigenvalue weighted by atomic mass is 10.2. The van der Waals surface area contributed by atoms with E-state index in [1.807, 2.05) is 50.2 Å². The van der Waals surface area contributed by atoms with E-state index in [0.717, 1.165) is 11.1 Å². The Kier molecular flexibility index (Phi) is 5.11. The molecule has 5 heteroatoms. The summed E-state index contributed by atoms with van der Waals surface area (Å²) in [5.41, 5.74) is 8.07. The van der Waals surface area contributed by atoms with Crippen LogP contribution in [0.15, 0.2) is 53.4 Å². The molecule has 2 rings (SSSR count). The van der Waals surface area contributed by atoms with Crippen LogP contribution in [0.25, 0.3) is 0 Å². The van der Waals surface area contributed by atoms with Crippen LogP contribution in [0.5, 0.6) is 0 Å². The number of nitrogens with one attached hydrogen (secondary N) is 1. The zero-order valence-corrected chi connectivity index (χ0v) is 13.4. The second kappa shape index (κ2) is 6.86. The Hall–Kier alpha value is -1.97. The number of nitrogens with two attached hydrogens (primary N) is 1. The zero-order valence-electron chi connectivity index (χ0n) is 12.6. The Morgan fingerprint density at radius 2 is 1.45 bits per heavy atom. The fourth-order valence-electron chi connectivity index (χ4n) is 1.86. The predicted molar refractivity (Wildman–Crippen MR) is 93.6 cm³/mol. The molecule has 0 aliphatic heterocycles. The molecule has 2 aromatic rings. The molecule has 0 saturated heterocycles. The molecule has 22 heavy (non-hydrogen) atoms. The summed E-state index contributed by atoms with van der Waals surface area (Å²) in [6, 6.07) is 14.5. The monoisotopic (exact) mass is 317 g/mol. The SMILES string of the molecule is CC(C)NS(O)([OH2+])c1ccc(C#Cc2ccc(N)cc2)cc1. The van der Waals surface area contributed by atoms with Crippen molar-refractivity contribution < 1.29 is 9.11 Å². The lowest BCUT2D eigenvalue weighted by molar-refractivity contribution is 0.461. The Labute approximate surface area is 132 Å².